The smallest absolute Gasteiger partial charge is 0.327 e. The van der Waals surface area contributed by atoms with Crippen molar-refractivity contribution < 1.29 is 9.53 Å². The van der Waals surface area contributed by atoms with Gasteiger partial charge >= 0.3 is 5.97 Å². The van der Waals surface area contributed by atoms with E-state index in [9.17, 15) is 4.79 Å². The molecule has 0 spiro atoms. The molecular weight excluding hydrogens is 254 g/mol. The molecule has 0 amide bonds. The predicted molar refractivity (Wildman–Crippen MR) is 75.9 cm³/mol. The fourth-order valence-electron chi connectivity index (χ4n) is 1.97. The molecule has 2 aromatic rings. The van der Waals surface area contributed by atoms with E-state index in [1.54, 1.807) is 10.9 Å². The minimum absolute atomic E-state index is 0.309. The zero-order valence-electron chi connectivity index (χ0n) is 11.7. The van der Waals surface area contributed by atoms with Gasteiger partial charge in [-0.2, -0.15) is 5.10 Å². The molecule has 1 aromatic heterocycles. The second-order valence-electron chi connectivity index (χ2n) is 4.45. The van der Waals surface area contributed by atoms with Crippen LogP contribution in [0, 0.1) is 0 Å². The maximum atomic E-state index is 11.9. The molecule has 0 aliphatic carbocycles. The Balaban J connectivity index is 2.10. The number of esters is 1. The maximum absolute atomic E-state index is 11.9. The standard InChI is InChI=1S/C15H19N3O2/c1-3-18-11-13(10-17-18)14(15(19)20-2)16-9-12-7-5-4-6-8-12/h4-8,10-11,14,16H,3,9H2,1-2H3. The van der Waals surface area contributed by atoms with E-state index in [0.29, 0.717) is 6.54 Å². The van der Waals surface area contributed by atoms with E-state index >= 15 is 0 Å². The molecule has 1 aromatic carbocycles. The summed E-state index contributed by atoms with van der Waals surface area (Å²) in [6, 6.07) is 9.43. The predicted octanol–water partition coefficient (Wildman–Crippen LogP) is 1.91. The lowest BCUT2D eigenvalue weighted by molar-refractivity contribution is -0.143. The van der Waals surface area contributed by atoms with Gasteiger partial charge in [0.25, 0.3) is 0 Å². The second-order valence-corrected chi connectivity index (χ2v) is 4.45. The number of ether oxygens (including phenoxy) is 1. The average Bonchev–Trinajstić information content (AvgIpc) is 2.97. The quantitative estimate of drug-likeness (QED) is 0.817. The number of hydrogen-bond donors (Lipinski definition) is 1. The van der Waals surface area contributed by atoms with Crippen LogP contribution in [-0.2, 0) is 22.6 Å². The zero-order valence-corrected chi connectivity index (χ0v) is 11.7. The molecule has 106 valence electrons. The summed E-state index contributed by atoms with van der Waals surface area (Å²) in [5.41, 5.74) is 1.93. The Bertz CT molecular complexity index is 551. The highest BCUT2D eigenvalue weighted by Gasteiger charge is 2.22. The van der Waals surface area contributed by atoms with E-state index in [-0.39, 0.29) is 5.97 Å². The summed E-state index contributed by atoms with van der Waals surface area (Å²) in [6.07, 6.45) is 3.56. The van der Waals surface area contributed by atoms with Gasteiger partial charge in [-0.25, -0.2) is 4.79 Å². The van der Waals surface area contributed by atoms with E-state index in [1.807, 2.05) is 43.5 Å². The molecule has 5 heteroatoms. The van der Waals surface area contributed by atoms with Crippen molar-refractivity contribution in [3.8, 4) is 0 Å². The van der Waals surface area contributed by atoms with Crippen LogP contribution >= 0.6 is 0 Å². The van der Waals surface area contributed by atoms with Crippen LogP contribution in [0.15, 0.2) is 42.7 Å². The molecule has 0 saturated heterocycles. The Morgan fingerprint density at radius 3 is 2.75 bits per heavy atom. The molecule has 1 heterocycles. The first-order chi connectivity index (χ1) is 9.74. The third-order valence-corrected chi connectivity index (χ3v) is 3.10. The number of carbonyl (C=O) groups is 1. The summed E-state index contributed by atoms with van der Waals surface area (Å²) < 4.78 is 6.65. The summed E-state index contributed by atoms with van der Waals surface area (Å²) in [6.45, 7) is 3.37. The summed E-state index contributed by atoms with van der Waals surface area (Å²) in [4.78, 5) is 11.9. The first-order valence-electron chi connectivity index (χ1n) is 6.62. The number of benzene rings is 1. The number of hydrogen-bond acceptors (Lipinski definition) is 4. The Hall–Kier alpha value is -2.14. The Morgan fingerprint density at radius 2 is 2.15 bits per heavy atom. The Morgan fingerprint density at radius 1 is 1.40 bits per heavy atom. The van der Waals surface area contributed by atoms with Crippen molar-refractivity contribution in [2.75, 3.05) is 7.11 Å². The number of aryl methyl sites for hydroxylation is 1. The topological polar surface area (TPSA) is 56.2 Å². The summed E-state index contributed by atoms with van der Waals surface area (Å²) in [5, 5.41) is 7.41. The number of aromatic nitrogens is 2. The summed E-state index contributed by atoms with van der Waals surface area (Å²) in [5.74, 6) is -0.309. The number of methoxy groups -OCH3 is 1. The summed E-state index contributed by atoms with van der Waals surface area (Å²) >= 11 is 0. The third kappa shape index (κ3) is 3.45. The van der Waals surface area contributed by atoms with Gasteiger partial charge in [-0.3, -0.25) is 10.00 Å². The molecule has 0 saturated carbocycles. The first kappa shape index (κ1) is 14.3. The molecule has 0 fully saturated rings. The summed E-state index contributed by atoms with van der Waals surface area (Å²) in [7, 11) is 1.39. The molecule has 0 aliphatic rings. The number of nitrogens with one attached hydrogen (secondary N) is 1. The highest BCUT2D eigenvalue weighted by atomic mass is 16.5. The lowest BCUT2D eigenvalue weighted by atomic mass is 10.1. The van der Waals surface area contributed by atoms with Gasteiger partial charge in [0.1, 0.15) is 6.04 Å². The SMILES string of the molecule is CCn1cc(C(NCc2ccccc2)C(=O)OC)cn1. The lowest BCUT2D eigenvalue weighted by Crippen LogP contribution is -2.29. The van der Waals surface area contributed by atoms with Crippen LogP contribution in [0.4, 0.5) is 0 Å². The Kier molecular flexibility index (Phi) is 4.90. The second kappa shape index (κ2) is 6.86. The minimum Gasteiger partial charge on any atom is -0.468 e. The van der Waals surface area contributed by atoms with E-state index in [4.69, 9.17) is 4.74 Å². The van der Waals surface area contributed by atoms with Crippen molar-refractivity contribution in [2.24, 2.45) is 0 Å². The van der Waals surface area contributed by atoms with Crippen molar-refractivity contribution in [2.45, 2.75) is 26.1 Å². The zero-order chi connectivity index (χ0) is 14.4. The van der Waals surface area contributed by atoms with Gasteiger partial charge in [-0.15, -0.1) is 0 Å². The first-order valence-corrected chi connectivity index (χ1v) is 6.62. The minimum atomic E-state index is -0.500. The highest BCUT2D eigenvalue weighted by Crippen LogP contribution is 2.15. The van der Waals surface area contributed by atoms with Crippen LogP contribution < -0.4 is 5.32 Å². The Labute approximate surface area is 118 Å². The molecule has 0 aliphatic heterocycles. The van der Waals surface area contributed by atoms with Gasteiger partial charge in [0.05, 0.1) is 13.3 Å². The van der Waals surface area contributed by atoms with Crippen LogP contribution in [0.25, 0.3) is 0 Å². The third-order valence-electron chi connectivity index (χ3n) is 3.10. The van der Waals surface area contributed by atoms with E-state index in [2.05, 4.69) is 10.4 Å². The van der Waals surface area contributed by atoms with Crippen LogP contribution in [0.5, 0.6) is 0 Å². The van der Waals surface area contributed by atoms with E-state index in [1.165, 1.54) is 7.11 Å². The van der Waals surface area contributed by atoms with Crippen LogP contribution in [-0.4, -0.2) is 22.9 Å². The lowest BCUT2D eigenvalue weighted by Gasteiger charge is -2.15. The monoisotopic (exact) mass is 273 g/mol. The van der Waals surface area contributed by atoms with Crippen molar-refractivity contribution in [3.05, 3.63) is 53.9 Å². The number of nitrogens with zero attached hydrogens (tertiary/aromatic N) is 2. The molecule has 20 heavy (non-hydrogen) atoms. The molecule has 2 rings (SSSR count). The van der Waals surface area contributed by atoms with Crippen LogP contribution in [0.2, 0.25) is 0 Å². The highest BCUT2D eigenvalue weighted by molar-refractivity contribution is 5.77. The van der Waals surface area contributed by atoms with Crippen molar-refractivity contribution >= 4 is 5.97 Å². The molecule has 0 radical (unpaired) electrons. The van der Waals surface area contributed by atoms with Gasteiger partial charge in [0.15, 0.2) is 0 Å². The molecule has 0 bridgehead atoms. The van der Waals surface area contributed by atoms with E-state index in [0.717, 1.165) is 17.7 Å². The molecule has 1 atom stereocenters. The van der Waals surface area contributed by atoms with Crippen LogP contribution in [0.3, 0.4) is 0 Å². The van der Waals surface area contributed by atoms with Crippen LogP contribution in [0.1, 0.15) is 24.1 Å². The average molecular weight is 273 g/mol. The largest absolute Gasteiger partial charge is 0.468 e. The molecule has 1 unspecified atom stereocenters. The van der Waals surface area contributed by atoms with E-state index < -0.39 is 6.04 Å². The van der Waals surface area contributed by atoms with Gasteiger partial charge < -0.3 is 4.74 Å². The van der Waals surface area contributed by atoms with Crippen molar-refractivity contribution in [1.82, 2.24) is 15.1 Å². The normalized spacial score (nSPS) is 12.1. The molecular formula is C15H19N3O2. The fourth-order valence-corrected chi connectivity index (χ4v) is 1.97. The van der Waals surface area contributed by atoms with Gasteiger partial charge in [0.2, 0.25) is 0 Å². The van der Waals surface area contributed by atoms with Gasteiger partial charge in [-0.1, -0.05) is 30.3 Å². The van der Waals surface area contributed by atoms with Gasteiger partial charge in [0, 0.05) is 24.8 Å². The van der Waals surface area contributed by atoms with Crippen molar-refractivity contribution in [3.63, 3.8) is 0 Å². The van der Waals surface area contributed by atoms with Crippen molar-refractivity contribution in [1.29, 1.82) is 0 Å². The molecule has 1 N–H and O–H groups in total. The van der Waals surface area contributed by atoms with Gasteiger partial charge in [-0.05, 0) is 12.5 Å². The maximum Gasteiger partial charge on any atom is 0.327 e. The number of rotatable bonds is 6. The number of carbonyl (C=O) groups excluding carboxylic acids is 1. The molecule has 5 nitrogen and oxygen atoms in total. The fraction of sp³-hybridized carbons (Fsp3) is 0.333.